The zero-order chi connectivity index (χ0) is 19.2. The van der Waals surface area contributed by atoms with Crippen LogP contribution in [0.1, 0.15) is 38.5 Å². The van der Waals surface area contributed by atoms with E-state index in [1.54, 1.807) is 11.3 Å². The van der Waals surface area contributed by atoms with Crippen LogP contribution in [-0.4, -0.2) is 64.8 Å². The van der Waals surface area contributed by atoms with Crippen LogP contribution < -0.4 is 10.2 Å². The Morgan fingerprint density at radius 3 is 2.68 bits per heavy atom. The maximum absolute atomic E-state index is 12.6. The Morgan fingerprint density at radius 2 is 1.86 bits per heavy atom. The van der Waals surface area contributed by atoms with E-state index in [0.717, 1.165) is 55.7 Å². The maximum atomic E-state index is 12.6. The second-order valence-corrected chi connectivity index (χ2v) is 8.72. The molecule has 4 heterocycles. The Hall–Kier alpha value is -1.93. The third-order valence-corrected chi connectivity index (χ3v) is 6.69. The summed E-state index contributed by atoms with van der Waals surface area (Å²) in [5, 5.41) is 13.6. The summed E-state index contributed by atoms with van der Waals surface area (Å²) in [6.07, 6.45) is 11.0. The third-order valence-electron chi connectivity index (χ3n) is 5.69. The molecule has 152 valence electrons. The van der Waals surface area contributed by atoms with Crippen LogP contribution in [0.2, 0.25) is 0 Å². The van der Waals surface area contributed by atoms with Crippen LogP contribution in [0.3, 0.4) is 0 Å². The fourth-order valence-corrected chi connectivity index (χ4v) is 4.96. The number of piperidine rings is 2. The normalized spacial score (nSPS) is 21.0. The van der Waals surface area contributed by atoms with E-state index in [2.05, 4.69) is 25.3 Å². The van der Waals surface area contributed by atoms with Gasteiger partial charge in [-0.25, -0.2) is 0 Å². The number of nitrogens with one attached hydrogen (secondary N) is 1. The minimum atomic E-state index is 0.0441. The molecule has 28 heavy (non-hydrogen) atoms. The van der Waals surface area contributed by atoms with Crippen molar-refractivity contribution < 1.29 is 4.79 Å². The van der Waals surface area contributed by atoms with Crippen LogP contribution >= 0.6 is 11.3 Å². The largest absolute Gasteiger partial charge is 0.356 e. The lowest BCUT2D eigenvalue weighted by Gasteiger charge is -2.31. The molecule has 0 aromatic carbocycles. The average molecular weight is 403 g/mol. The number of rotatable bonds is 7. The molecule has 0 bridgehead atoms. The highest BCUT2D eigenvalue weighted by atomic mass is 32.1. The number of carbonyl (C=O) groups is 1. The van der Waals surface area contributed by atoms with Crippen LogP contribution in [-0.2, 0) is 4.79 Å². The number of hydrogen-bond acceptors (Lipinski definition) is 6. The molecule has 8 heteroatoms. The molecule has 2 fully saturated rings. The molecule has 1 N–H and O–H groups in total. The quantitative estimate of drug-likeness (QED) is 0.721. The molecule has 0 unspecified atom stereocenters. The Kier molecular flexibility index (Phi) is 6.59. The zero-order valence-corrected chi connectivity index (χ0v) is 17.2. The van der Waals surface area contributed by atoms with Gasteiger partial charge in [-0.05, 0) is 63.9 Å². The summed E-state index contributed by atoms with van der Waals surface area (Å²) < 4.78 is 1.97. The second kappa shape index (κ2) is 9.52. The number of amides is 1. The molecular weight excluding hydrogens is 372 g/mol. The molecule has 2 aromatic rings. The molecule has 2 aromatic heterocycles. The SMILES string of the molecule is O=C(NCCCN1CCCCC1)[C@@H]1CCCN(c2nnc(-n3cccc3)s2)C1. The van der Waals surface area contributed by atoms with Crippen LogP contribution in [0, 0.1) is 5.92 Å². The summed E-state index contributed by atoms with van der Waals surface area (Å²) in [7, 11) is 0. The van der Waals surface area contributed by atoms with Crippen LogP contribution in [0.4, 0.5) is 5.13 Å². The van der Waals surface area contributed by atoms with Gasteiger partial charge in [-0.3, -0.25) is 9.36 Å². The first-order valence-corrected chi connectivity index (χ1v) is 11.3. The topological polar surface area (TPSA) is 66.3 Å². The van der Waals surface area contributed by atoms with Gasteiger partial charge in [0.1, 0.15) is 0 Å². The van der Waals surface area contributed by atoms with Crippen molar-refractivity contribution in [2.75, 3.05) is 44.2 Å². The molecule has 1 amide bonds. The minimum Gasteiger partial charge on any atom is -0.356 e. The Bertz CT molecular complexity index is 740. The van der Waals surface area contributed by atoms with Gasteiger partial charge in [0.15, 0.2) is 0 Å². The number of hydrogen-bond donors (Lipinski definition) is 1. The summed E-state index contributed by atoms with van der Waals surface area (Å²) in [6, 6.07) is 3.96. The summed E-state index contributed by atoms with van der Waals surface area (Å²) in [4.78, 5) is 17.4. The fraction of sp³-hybridized carbons (Fsp3) is 0.650. The fourth-order valence-electron chi connectivity index (χ4n) is 4.11. The first-order valence-electron chi connectivity index (χ1n) is 10.5. The average Bonchev–Trinajstić information content (AvgIpc) is 3.44. The number of nitrogens with zero attached hydrogens (tertiary/aromatic N) is 5. The Labute approximate surface area is 170 Å². The van der Waals surface area contributed by atoms with Crippen molar-refractivity contribution in [3.63, 3.8) is 0 Å². The standard InChI is InChI=1S/C20H30N6OS/c27-18(21-9-7-12-24-10-2-1-3-11-24)17-8-6-15-26(16-17)20-23-22-19(28-20)25-13-4-5-14-25/h4-5,13-14,17H,1-3,6-12,15-16H2,(H,21,27)/t17-/m1/s1. The Morgan fingerprint density at radius 1 is 1.07 bits per heavy atom. The highest BCUT2D eigenvalue weighted by Gasteiger charge is 2.27. The van der Waals surface area contributed by atoms with Gasteiger partial charge < -0.3 is 15.1 Å². The molecular formula is C20H30N6OS. The monoisotopic (exact) mass is 402 g/mol. The first-order chi connectivity index (χ1) is 13.8. The van der Waals surface area contributed by atoms with E-state index in [4.69, 9.17) is 0 Å². The summed E-state index contributed by atoms with van der Waals surface area (Å²) in [6.45, 7) is 6.00. The van der Waals surface area contributed by atoms with Crippen LogP contribution in [0.5, 0.6) is 0 Å². The van der Waals surface area contributed by atoms with E-state index in [1.807, 2.05) is 29.1 Å². The van der Waals surface area contributed by atoms with E-state index >= 15 is 0 Å². The van der Waals surface area contributed by atoms with Crippen molar-refractivity contribution in [1.29, 1.82) is 0 Å². The second-order valence-electron chi connectivity index (χ2n) is 7.79. The molecule has 2 saturated heterocycles. The van der Waals surface area contributed by atoms with Crippen molar-refractivity contribution in [3.05, 3.63) is 24.5 Å². The van der Waals surface area contributed by atoms with Crippen molar-refractivity contribution in [1.82, 2.24) is 25.0 Å². The lowest BCUT2D eigenvalue weighted by molar-refractivity contribution is -0.125. The highest BCUT2D eigenvalue weighted by molar-refractivity contribution is 7.17. The van der Waals surface area contributed by atoms with E-state index < -0.39 is 0 Å². The molecule has 4 rings (SSSR count). The van der Waals surface area contributed by atoms with E-state index in [0.29, 0.717) is 0 Å². The van der Waals surface area contributed by atoms with E-state index in [-0.39, 0.29) is 11.8 Å². The van der Waals surface area contributed by atoms with Crippen molar-refractivity contribution in [3.8, 4) is 5.13 Å². The van der Waals surface area contributed by atoms with Crippen molar-refractivity contribution >= 4 is 22.4 Å². The van der Waals surface area contributed by atoms with Gasteiger partial charge >= 0.3 is 0 Å². The molecule has 7 nitrogen and oxygen atoms in total. The molecule has 0 spiro atoms. The smallest absolute Gasteiger partial charge is 0.224 e. The van der Waals surface area contributed by atoms with Gasteiger partial charge in [-0.2, -0.15) is 0 Å². The first kappa shape index (κ1) is 19.4. The molecule has 2 aliphatic rings. The van der Waals surface area contributed by atoms with Gasteiger partial charge in [0, 0.05) is 32.0 Å². The molecule has 0 aliphatic carbocycles. The molecule has 2 aliphatic heterocycles. The number of carbonyl (C=O) groups excluding carboxylic acids is 1. The highest BCUT2D eigenvalue weighted by Crippen LogP contribution is 2.27. The van der Waals surface area contributed by atoms with Gasteiger partial charge in [0.05, 0.1) is 5.92 Å². The summed E-state index contributed by atoms with van der Waals surface area (Å²) in [5.74, 6) is 0.237. The van der Waals surface area contributed by atoms with Gasteiger partial charge in [0.25, 0.3) is 0 Å². The van der Waals surface area contributed by atoms with Crippen molar-refractivity contribution in [2.45, 2.75) is 38.5 Å². The van der Waals surface area contributed by atoms with Crippen molar-refractivity contribution in [2.24, 2.45) is 5.92 Å². The summed E-state index contributed by atoms with van der Waals surface area (Å²) >= 11 is 1.58. The number of aromatic nitrogens is 3. The predicted octanol–water partition coefficient (Wildman–Crippen LogP) is 2.54. The molecule has 0 radical (unpaired) electrons. The lowest BCUT2D eigenvalue weighted by atomic mass is 9.97. The van der Waals surface area contributed by atoms with Crippen LogP contribution in [0.25, 0.3) is 5.13 Å². The van der Waals surface area contributed by atoms with Gasteiger partial charge in [-0.1, -0.05) is 17.8 Å². The van der Waals surface area contributed by atoms with E-state index in [9.17, 15) is 4.79 Å². The minimum absolute atomic E-state index is 0.0441. The van der Waals surface area contributed by atoms with Crippen LogP contribution in [0.15, 0.2) is 24.5 Å². The number of likely N-dealkylation sites (tertiary alicyclic amines) is 1. The molecule has 1 atom stereocenters. The molecule has 0 saturated carbocycles. The summed E-state index contributed by atoms with van der Waals surface area (Å²) in [5.41, 5.74) is 0. The van der Waals surface area contributed by atoms with Gasteiger partial charge in [0.2, 0.25) is 16.2 Å². The lowest BCUT2D eigenvalue weighted by Crippen LogP contribution is -2.43. The third kappa shape index (κ3) is 4.91. The zero-order valence-electron chi connectivity index (χ0n) is 16.4. The predicted molar refractivity (Wildman–Crippen MR) is 112 cm³/mol. The number of anilines is 1. The van der Waals surface area contributed by atoms with Gasteiger partial charge in [-0.15, -0.1) is 10.2 Å². The Balaban J connectivity index is 1.23. The maximum Gasteiger partial charge on any atom is 0.224 e. The van der Waals surface area contributed by atoms with E-state index in [1.165, 1.54) is 32.4 Å².